The molecule has 2 rings (SSSR count). The summed E-state index contributed by atoms with van der Waals surface area (Å²) in [5, 5.41) is 10.3. The summed E-state index contributed by atoms with van der Waals surface area (Å²) in [4.78, 5) is 11.3. The van der Waals surface area contributed by atoms with E-state index in [2.05, 4.69) is 19.9 Å². The average molecular weight is 231 g/mol. The molecule has 0 aliphatic carbocycles. The molecule has 0 unspecified atom stereocenters. The summed E-state index contributed by atoms with van der Waals surface area (Å²) in [5.41, 5.74) is 3.33. The van der Waals surface area contributed by atoms with Gasteiger partial charge >= 0.3 is 5.97 Å². The van der Waals surface area contributed by atoms with Gasteiger partial charge in [-0.3, -0.25) is 0 Å². The summed E-state index contributed by atoms with van der Waals surface area (Å²) >= 11 is 0. The van der Waals surface area contributed by atoms with E-state index in [1.165, 1.54) is 0 Å². The molecule has 0 saturated heterocycles. The zero-order valence-corrected chi connectivity index (χ0v) is 10.6. The van der Waals surface area contributed by atoms with E-state index in [1.54, 1.807) is 6.07 Å². The summed E-state index contributed by atoms with van der Waals surface area (Å²) < 4.78 is 2.04. The zero-order chi connectivity index (χ0) is 12.7. The Morgan fingerprint density at radius 3 is 2.47 bits per heavy atom. The molecule has 0 atom stereocenters. The molecule has 0 saturated carbocycles. The molecule has 0 amide bonds. The lowest BCUT2D eigenvalue weighted by atomic mass is 10.1. The van der Waals surface area contributed by atoms with Crippen LogP contribution in [0, 0.1) is 13.8 Å². The van der Waals surface area contributed by atoms with Crippen molar-refractivity contribution in [2.75, 3.05) is 0 Å². The lowest BCUT2D eigenvalue weighted by Gasteiger charge is -2.11. The molecule has 3 heteroatoms. The third kappa shape index (κ3) is 1.82. The fourth-order valence-corrected chi connectivity index (χ4v) is 2.27. The quantitative estimate of drug-likeness (QED) is 0.859. The Kier molecular flexibility index (Phi) is 2.69. The minimum atomic E-state index is -0.862. The second-order valence-corrected chi connectivity index (χ2v) is 4.83. The second-order valence-electron chi connectivity index (χ2n) is 4.83. The van der Waals surface area contributed by atoms with Crippen molar-refractivity contribution in [2.45, 2.75) is 33.7 Å². The van der Waals surface area contributed by atoms with Crippen LogP contribution in [0.3, 0.4) is 0 Å². The average Bonchev–Trinajstić information content (AvgIpc) is 2.55. The van der Waals surface area contributed by atoms with Gasteiger partial charge in [0.1, 0.15) is 0 Å². The molecule has 0 aliphatic heterocycles. The van der Waals surface area contributed by atoms with Crippen LogP contribution in [0.1, 0.15) is 41.4 Å². The molecule has 1 aromatic heterocycles. The smallest absolute Gasteiger partial charge is 0.337 e. The van der Waals surface area contributed by atoms with E-state index in [4.69, 9.17) is 0 Å². The number of aromatic nitrogens is 1. The molecule has 1 heterocycles. The lowest BCUT2D eigenvalue weighted by Crippen LogP contribution is -2.05. The molecule has 0 radical (unpaired) electrons. The van der Waals surface area contributed by atoms with Crippen molar-refractivity contribution in [3.05, 3.63) is 35.0 Å². The van der Waals surface area contributed by atoms with Gasteiger partial charge in [-0.1, -0.05) is 0 Å². The molecule has 17 heavy (non-hydrogen) atoms. The Morgan fingerprint density at radius 2 is 1.94 bits per heavy atom. The van der Waals surface area contributed by atoms with E-state index < -0.39 is 5.97 Å². The number of carbonyl (C=O) groups is 1. The van der Waals surface area contributed by atoms with Gasteiger partial charge in [-0.25, -0.2) is 4.79 Å². The van der Waals surface area contributed by atoms with Gasteiger partial charge in [-0.2, -0.15) is 0 Å². The van der Waals surface area contributed by atoms with Gasteiger partial charge in [-0.15, -0.1) is 0 Å². The highest BCUT2D eigenvalue weighted by molar-refractivity contribution is 6.03. The number of fused-ring (bicyclic) bond motifs is 1. The van der Waals surface area contributed by atoms with E-state index in [0.717, 1.165) is 22.0 Å². The Morgan fingerprint density at radius 1 is 1.29 bits per heavy atom. The number of nitrogens with zero attached hydrogens (tertiary/aromatic N) is 1. The maximum atomic E-state index is 11.3. The first-order chi connectivity index (χ1) is 7.91. The molecule has 90 valence electrons. The number of aromatic carboxylic acids is 1. The van der Waals surface area contributed by atoms with Crippen LogP contribution in [0.2, 0.25) is 0 Å². The first-order valence-corrected chi connectivity index (χ1v) is 5.77. The van der Waals surface area contributed by atoms with Crippen LogP contribution < -0.4 is 0 Å². The number of carboxylic acid groups (broad SMARTS) is 1. The van der Waals surface area contributed by atoms with Crippen molar-refractivity contribution < 1.29 is 9.90 Å². The normalized spacial score (nSPS) is 11.4. The van der Waals surface area contributed by atoms with Crippen LogP contribution in [-0.2, 0) is 0 Å². The standard InChI is InChI=1S/C14H17NO2/c1-8(2)15-7-10(4)11-5-9(3)6-12(13(11)15)14(16)17/h5-8H,1-4H3,(H,16,17). The number of carboxylic acids is 1. The summed E-state index contributed by atoms with van der Waals surface area (Å²) in [6.07, 6.45) is 2.03. The Labute approximate surface area is 101 Å². The molecule has 0 spiro atoms. The molecular weight excluding hydrogens is 214 g/mol. The van der Waals surface area contributed by atoms with Gasteiger partial charge in [0.05, 0.1) is 11.1 Å². The Balaban J connectivity index is 2.92. The van der Waals surface area contributed by atoms with Crippen molar-refractivity contribution in [3.63, 3.8) is 0 Å². The molecule has 0 bridgehead atoms. The lowest BCUT2D eigenvalue weighted by molar-refractivity contribution is 0.0698. The Hall–Kier alpha value is -1.77. The van der Waals surface area contributed by atoms with E-state index in [-0.39, 0.29) is 6.04 Å². The highest BCUT2D eigenvalue weighted by Gasteiger charge is 2.16. The van der Waals surface area contributed by atoms with Gasteiger partial charge in [0.15, 0.2) is 0 Å². The SMILES string of the molecule is Cc1cc(C(=O)O)c2c(c1)c(C)cn2C(C)C. The third-order valence-electron chi connectivity index (χ3n) is 3.06. The van der Waals surface area contributed by atoms with Crippen LogP contribution >= 0.6 is 0 Å². The predicted octanol–water partition coefficient (Wildman–Crippen LogP) is 3.54. The van der Waals surface area contributed by atoms with Gasteiger partial charge in [-0.05, 0) is 51.0 Å². The van der Waals surface area contributed by atoms with Gasteiger partial charge in [0.2, 0.25) is 0 Å². The predicted molar refractivity (Wildman–Crippen MR) is 68.8 cm³/mol. The second kappa shape index (κ2) is 3.91. The monoisotopic (exact) mass is 231 g/mol. The van der Waals surface area contributed by atoms with Crippen molar-refractivity contribution in [3.8, 4) is 0 Å². The van der Waals surface area contributed by atoms with E-state index in [1.807, 2.05) is 24.6 Å². The minimum absolute atomic E-state index is 0.256. The van der Waals surface area contributed by atoms with E-state index in [0.29, 0.717) is 5.56 Å². The zero-order valence-electron chi connectivity index (χ0n) is 10.6. The van der Waals surface area contributed by atoms with Crippen LogP contribution in [0.15, 0.2) is 18.3 Å². The van der Waals surface area contributed by atoms with Crippen molar-refractivity contribution in [1.82, 2.24) is 4.57 Å². The van der Waals surface area contributed by atoms with Crippen molar-refractivity contribution in [1.29, 1.82) is 0 Å². The number of hydrogen-bond acceptors (Lipinski definition) is 1. The summed E-state index contributed by atoms with van der Waals surface area (Å²) in [5.74, 6) is -0.862. The van der Waals surface area contributed by atoms with Crippen molar-refractivity contribution >= 4 is 16.9 Å². The molecule has 0 fully saturated rings. The summed E-state index contributed by atoms with van der Waals surface area (Å²) in [6, 6.07) is 4.05. The molecular formula is C14H17NO2. The summed E-state index contributed by atoms with van der Waals surface area (Å²) in [7, 11) is 0. The van der Waals surface area contributed by atoms with Crippen LogP contribution in [0.25, 0.3) is 10.9 Å². The maximum absolute atomic E-state index is 11.3. The fraction of sp³-hybridized carbons (Fsp3) is 0.357. The third-order valence-corrected chi connectivity index (χ3v) is 3.06. The first kappa shape index (κ1) is 11.7. The number of aryl methyl sites for hydroxylation is 2. The molecule has 2 aromatic rings. The highest BCUT2D eigenvalue weighted by atomic mass is 16.4. The fourth-order valence-electron chi connectivity index (χ4n) is 2.27. The van der Waals surface area contributed by atoms with Gasteiger partial charge < -0.3 is 9.67 Å². The largest absolute Gasteiger partial charge is 0.478 e. The highest BCUT2D eigenvalue weighted by Crippen LogP contribution is 2.28. The first-order valence-electron chi connectivity index (χ1n) is 5.77. The van der Waals surface area contributed by atoms with Crippen LogP contribution in [-0.4, -0.2) is 15.6 Å². The van der Waals surface area contributed by atoms with Crippen molar-refractivity contribution in [2.24, 2.45) is 0 Å². The number of hydrogen-bond donors (Lipinski definition) is 1. The van der Waals surface area contributed by atoms with E-state index in [9.17, 15) is 9.90 Å². The molecule has 1 N–H and O–H groups in total. The molecule has 3 nitrogen and oxygen atoms in total. The van der Waals surface area contributed by atoms with E-state index >= 15 is 0 Å². The molecule has 1 aromatic carbocycles. The molecule has 0 aliphatic rings. The van der Waals surface area contributed by atoms with Crippen LogP contribution in [0.4, 0.5) is 0 Å². The van der Waals surface area contributed by atoms with Gasteiger partial charge in [0, 0.05) is 17.6 Å². The Bertz CT molecular complexity index is 594. The number of benzene rings is 1. The number of rotatable bonds is 2. The summed E-state index contributed by atoms with van der Waals surface area (Å²) in [6.45, 7) is 8.07. The van der Waals surface area contributed by atoms with Crippen LogP contribution in [0.5, 0.6) is 0 Å². The van der Waals surface area contributed by atoms with Gasteiger partial charge in [0.25, 0.3) is 0 Å². The maximum Gasteiger partial charge on any atom is 0.337 e. The minimum Gasteiger partial charge on any atom is -0.478 e. The topological polar surface area (TPSA) is 42.2 Å².